The van der Waals surface area contributed by atoms with E-state index in [1.165, 1.54) is 10.5 Å². The molecule has 0 bridgehead atoms. The number of rotatable bonds is 1. The Morgan fingerprint density at radius 2 is 1.50 bits per heavy atom. The first-order chi connectivity index (χ1) is 9.77. The van der Waals surface area contributed by atoms with Gasteiger partial charge in [-0.2, -0.15) is 0 Å². The van der Waals surface area contributed by atoms with Crippen LogP contribution < -0.4 is 0 Å². The lowest BCUT2D eigenvalue weighted by atomic mass is 9.73. The summed E-state index contributed by atoms with van der Waals surface area (Å²) in [5, 5.41) is 0. The van der Waals surface area contributed by atoms with Gasteiger partial charge >= 0.3 is 0 Å². The van der Waals surface area contributed by atoms with Gasteiger partial charge in [-0.25, -0.2) is 0 Å². The summed E-state index contributed by atoms with van der Waals surface area (Å²) in [6, 6.07) is 0. The summed E-state index contributed by atoms with van der Waals surface area (Å²) in [6.07, 6.45) is 8.64. The summed E-state index contributed by atoms with van der Waals surface area (Å²) in [5.41, 5.74) is 3.79. The standard InChI is InChI=1S/C20H32S2/c1-17(2,3)14-10-11-15(12-14)20(19(7,8)9)13-16(21-22-20)18(4,5)6/h11-13H,10H2,1-9H3. The zero-order valence-corrected chi connectivity index (χ0v) is 17.4. The second-order valence-corrected chi connectivity index (χ2v) is 12.1. The second kappa shape index (κ2) is 5.48. The van der Waals surface area contributed by atoms with Crippen LogP contribution in [0.4, 0.5) is 0 Å². The van der Waals surface area contributed by atoms with Crippen molar-refractivity contribution in [1.29, 1.82) is 0 Å². The molecule has 1 heterocycles. The van der Waals surface area contributed by atoms with Crippen LogP contribution in [0.3, 0.4) is 0 Å². The van der Waals surface area contributed by atoms with E-state index in [0.29, 0.717) is 0 Å². The van der Waals surface area contributed by atoms with Crippen LogP contribution in [-0.2, 0) is 0 Å². The van der Waals surface area contributed by atoms with Crippen LogP contribution in [0.2, 0.25) is 0 Å². The van der Waals surface area contributed by atoms with Crippen molar-refractivity contribution in [3.63, 3.8) is 0 Å². The molecule has 0 radical (unpaired) electrons. The van der Waals surface area contributed by atoms with Crippen molar-refractivity contribution in [1.82, 2.24) is 0 Å². The average Bonchev–Trinajstić information content (AvgIpc) is 2.93. The van der Waals surface area contributed by atoms with Gasteiger partial charge in [-0.05, 0) is 33.1 Å². The summed E-state index contributed by atoms with van der Waals surface area (Å²) in [4.78, 5) is 1.52. The number of allylic oxidation sites excluding steroid dienone is 4. The van der Waals surface area contributed by atoms with Crippen molar-refractivity contribution >= 4 is 21.6 Å². The fraction of sp³-hybridized carbons (Fsp3) is 0.700. The highest BCUT2D eigenvalue weighted by Gasteiger charge is 2.49. The molecule has 0 aromatic heterocycles. The molecule has 0 saturated heterocycles. The van der Waals surface area contributed by atoms with E-state index in [1.807, 2.05) is 10.8 Å². The number of hydrogen-bond donors (Lipinski definition) is 0. The van der Waals surface area contributed by atoms with E-state index >= 15 is 0 Å². The Bertz CT molecular complexity index is 542. The minimum absolute atomic E-state index is 0.0906. The van der Waals surface area contributed by atoms with E-state index in [1.54, 1.807) is 5.57 Å². The molecule has 2 heteroatoms. The van der Waals surface area contributed by atoms with Gasteiger partial charge in [0.05, 0.1) is 4.75 Å². The first-order valence-electron chi connectivity index (χ1n) is 8.28. The van der Waals surface area contributed by atoms with E-state index in [9.17, 15) is 0 Å². The third-order valence-corrected chi connectivity index (χ3v) is 8.51. The summed E-state index contributed by atoms with van der Waals surface area (Å²) >= 11 is 0. The van der Waals surface area contributed by atoms with Crippen molar-refractivity contribution < 1.29 is 0 Å². The number of hydrogen-bond acceptors (Lipinski definition) is 2. The Labute approximate surface area is 145 Å². The molecule has 0 aromatic carbocycles. The van der Waals surface area contributed by atoms with E-state index in [-0.39, 0.29) is 21.0 Å². The molecule has 124 valence electrons. The molecule has 1 aliphatic heterocycles. The van der Waals surface area contributed by atoms with Gasteiger partial charge in [0.1, 0.15) is 0 Å². The summed E-state index contributed by atoms with van der Waals surface area (Å²) in [5.74, 6) is 0. The predicted octanol–water partition coefficient (Wildman–Crippen LogP) is 7.40. The highest BCUT2D eigenvalue weighted by molar-refractivity contribution is 8.79. The third kappa shape index (κ3) is 3.24. The molecule has 0 N–H and O–H groups in total. The normalized spacial score (nSPS) is 26.9. The smallest absolute Gasteiger partial charge is 0.0751 e. The third-order valence-electron chi connectivity index (χ3n) is 4.71. The maximum Gasteiger partial charge on any atom is 0.0751 e. The van der Waals surface area contributed by atoms with Gasteiger partial charge < -0.3 is 0 Å². The van der Waals surface area contributed by atoms with Crippen LogP contribution in [0.1, 0.15) is 68.7 Å². The van der Waals surface area contributed by atoms with E-state index in [0.717, 1.165) is 6.42 Å². The molecule has 0 spiro atoms. The molecule has 1 aliphatic carbocycles. The quantitative estimate of drug-likeness (QED) is 0.457. The Hall–Kier alpha value is -0.0800. The highest BCUT2D eigenvalue weighted by Crippen LogP contribution is 2.64. The lowest BCUT2D eigenvalue weighted by Gasteiger charge is -2.40. The maximum atomic E-state index is 2.57. The van der Waals surface area contributed by atoms with Crippen molar-refractivity contribution in [3.8, 4) is 0 Å². The van der Waals surface area contributed by atoms with Crippen LogP contribution in [0, 0.1) is 16.2 Å². The molecule has 2 rings (SSSR count). The summed E-state index contributed by atoms with van der Waals surface area (Å²) < 4.78 is 0.0906. The predicted molar refractivity (Wildman–Crippen MR) is 105 cm³/mol. The summed E-state index contributed by atoms with van der Waals surface area (Å²) in [7, 11) is 4.04. The minimum atomic E-state index is 0.0906. The van der Waals surface area contributed by atoms with Crippen LogP contribution in [0.25, 0.3) is 0 Å². The molecular weight excluding hydrogens is 304 g/mol. The second-order valence-electron chi connectivity index (χ2n) is 9.69. The maximum absolute atomic E-state index is 2.57. The molecule has 0 amide bonds. The Morgan fingerprint density at radius 1 is 0.909 bits per heavy atom. The van der Waals surface area contributed by atoms with Gasteiger partial charge in [0.15, 0.2) is 0 Å². The van der Waals surface area contributed by atoms with Crippen molar-refractivity contribution in [2.75, 3.05) is 0 Å². The van der Waals surface area contributed by atoms with Crippen molar-refractivity contribution in [3.05, 3.63) is 34.3 Å². The topological polar surface area (TPSA) is 0 Å². The first-order valence-corrected chi connectivity index (χ1v) is 10.4. The molecule has 22 heavy (non-hydrogen) atoms. The van der Waals surface area contributed by atoms with E-state index < -0.39 is 0 Å². The lowest BCUT2D eigenvalue weighted by molar-refractivity contribution is 0.365. The van der Waals surface area contributed by atoms with Gasteiger partial charge in [0.25, 0.3) is 0 Å². The Morgan fingerprint density at radius 3 is 1.86 bits per heavy atom. The zero-order chi connectivity index (χ0) is 17.0. The fourth-order valence-corrected chi connectivity index (χ4v) is 7.06. The van der Waals surface area contributed by atoms with Gasteiger partial charge in [0, 0.05) is 0 Å². The summed E-state index contributed by atoms with van der Waals surface area (Å²) in [6.45, 7) is 21.1. The first kappa shape index (κ1) is 18.3. The highest BCUT2D eigenvalue weighted by atomic mass is 33.1. The zero-order valence-electron chi connectivity index (χ0n) is 15.8. The fourth-order valence-electron chi connectivity index (χ4n) is 2.90. The van der Waals surface area contributed by atoms with Crippen molar-refractivity contribution in [2.45, 2.75) is 73.5 Å². The molecule has 0 aromatic rings. The van der Waals surface area contributed by atoms with E-state index in [2.05, 4.69) is 91.3 Å². The van der Waals surface area contributed by atoms with E-state index in [4.69, 9.17) is 0 Å². The van der Waals surface area contributed by atoms with Crippen LogP contribution >= 0.6 is 21.6 Å². The largest absolute Gasteiger partial charge is 0.0754 e. The Balaban J connectivity index is 2.48. The average molecular weight is 337 g/mol. The monoisotopic (exact) mass is 336 g/mol. The Kier molecular flexibility index (Phi) is 4.55. The molecule has 2 aliphatic rings. The minimum Gasteiger partial charge on any atom is -0.0754 e. The van der Waals surface area contributed by atoms with Gasteiger partial charge in [-0.15, -0.1) is 0 Å². The molecule has 0 nitrogen and oxygen atoms in total. The molecular formula is C20H32S2. The molecule has 1 unspecified atom stereocenters. The van der Waals surface area contributed by atoms with Gasteiger partial charge in [-0.1, -0.05) is 108 Å². The SMILES string of the molecule is CC(C)(C)C1=CC(C2(C(C)(C)C)C=C(C(C)(C)C)SS2)=CC1. The van der Waals surface area contributed by atoms with Gasteiger partial charge in [0.2, 0.25) is 0 Å². The lowest BCUT2D eigenvalue weighted by Crippen LogP contribution is -2.37. The van der Waals surface area contributed by atoms with Crippen LogP contribution in [0.15, 0.2) is 34.3 Å². The molecule has 0 fully saturated rings. The van der Waals surface area contributed by atoms with Crippen molar-refractivity contribution in [2.24, 2.45) is 16.2 Å². The van der Waals surface area contributed by atoms with Crippen LogP contribution in [-0.4, -0.2) is 4.75 Å². The molecule has 0 saturated carbocycles. The molecule has 1 atom stereocenters. The van der Waals surface area contributed by atoms with Gasteiger partial charge in [-0.3, -0.25) is 0 Å². The van der Waals surface area contributed by atoms with Crippen LogP contribution in [0.5, 0.6) is 0 Å².